The molecule has 1 aromatic carbocycles. The summed E-state index contributed by atoms with van der Waals surface area (Å²) in [5.74, 6) is -1.35. The molecule has 0 aliphatic carbocycles. The van der Waals surface area contributed by atoms with E-state index >= 15 is 0 Å². The zero-order valence-corrected chi connectivity index (χ0v) is 21.2. The quantitative estimate of drug-likeness (QED) is 0.531. The molecular weight excluding hydrogens is 484 g/mol. The summed E-state index contributed by atoms with van der Waals surface area (Å²) in [6.07, 6.45) is 4.70. The van der Waals surface area contributed by atoms with Crippen LogP contribution in [0.2, 0.25) is 0 Å². The van der Waals surface area contributed by atoms with Gasteiger partial charge in [0, 0.05) is 44.4 Å². The Morgan fingerprint density at radius 1 is 1.08 bits per heavy atom. The highest BCUT2D eigenvalue weighted by molar-refractivity contribution is 7.13. The van der Waals surface area contributed by atoms with Crippen LogP contribution in [0.5, 0.6) is 0 Å². The molecule has 4 heterocycles. The third-order valence-electron chi connectivity index (χ3n) is 7.32. The SMILES string of the molecule is Cc1nsc2ncc(C(=O)N3CCC(C)CC3)c(N3CCC(C(=O)Nc4cc(F)ccc4F)CC3)c12. The molecule has 0 atom stereocenters. The lowest BCUT2D eigenvalue weighted by atomic mass is 9.94. The molecule has 2 saturated heterocycles. The normalized spacial score (nSPS) is 17.6. The number of rotatable bonds is 4. The summed E-state index contributed by atoms with van der Waals surface area (Å²) in [7, 11) is 0. The van der Waals surface area contributed by atoms with E-state index in [1.165, 1.54) is 11.5 Å². The van der Waals surface area contributed by atoms with Crippen molar-refractivity contribution in [2.45, 2.75) is 39.5 Å². The molecule has 10 heteroatoms. The van der Waals surface area contributed by atoms with E-state index in [-0.39, 0.29) is 23.4 Å². The first-order valence-corrected chi connectivity index (χ1v) is 13.1. The van der Waals surface area contributed by atoms with Crippen LogP contribution in [-0.4, -0.2) is 52.3 Å². The Kier molecular flexibility index (Phi) is 6.87. The van der Waals surface area contributed by atoms with Gasteiger partial charge in [-0.3, -0.25) is 9.59 Å². The van der Waals surface area contributed by atoms with Gasteiger partial charge in [-0.25, -0.2) is 13.8 Å². The van der Waals surface area contributed by atoms with Crippen LogP contribution >= 0.6 is 11.5 Å². The van der Waals surface area contributed by atoms with Crippen LogP contribution in [0.25, 0.3) is 10.2 Å². The number of piperidine rings is 2. The summed E-state index contributed by atoms with van der Waals surface area (Å²) >= 11 is 1.31. The van der Waals surface area contributed by atoms with E-state index in [0.29, 0.717) is 37.4 Å². The molecule has 0 radical (unpaired) electrons. The van der Waals surface area contributed by atoms with Crippen molar-refractivity contribution >= 4 is 44.9 Å². The van der Waals surface area contributed by atoms with Gasteiger partial charge in [0.15, 0.2) is 0 Å². The number of amides is 2. The predicted octanol–water partition coefficient (Wildman–Crippen LogP) is 5.01. The van der Waals surface area contributed by atoms with Gasteiger partial charge >= 0.3 is 0 Å². The summed E-state index contributed by atoms with van der Waals surface area (Å²) in [5.41, 5.74) is 2.10. The molecule has 2 aliphatic heterocycles. The fourth-order valence-electron chi connectivity index (χ4n) is 5.10. The summed E-state index contributed by atoms with van der Waals surface area (Å²) in [4.78, 5) is 35.8. The maximum atomic E-state index is 14.0. The van der Waals surface area contributed by atoms with Crippen LogP contribution in [0.1, 0.15) is 48.7 Å². The molecule has 0 spiro atoms. The summed E-state index contributed by atoms with van der Waals surface area (Å²) in [5, 5.41) is 3.42. The molecule has 3 aromatic rings. The zero-order valence-electron chi connectivity index (χ0n) is 20.4. The minimum atomic E-state index is -0.669. The van der Waals surface area contributed by atoms with Gasteiger partial charge in [-0.2, -0.15) is 4.37 Å². The molecule has 2 fully saturated rings. The third kappa shape index (κ3) is 4.78. The second-order valence-corrected chi connectivity index (χ2v) is 10.6. The number of pyridine rings is 1. The Bertz CT molecular complexity index is 1300. The number of halogens is 2. The lowest BCUT2D eigenvalue weighted by Gasteiger charge is -2.36. The largest absolute Gasteiger partial charge is 0.370 e. The predicted molar refractivity (Wildman–Crippen MR) is 136 cm³/mol. The van der Waals surface area contributed by atoms with E-state index in [9.17, 15) is 18.4 Å². The standard InChI is InChI=1S/C26H29F2N5O2S/c1-15-5-9-33(10-6-15)26(35)19-14-29-25-22(16(2)31-36-25)23(19)32-11-7-17(8-12-32)24(34)30-21-13-18(27)3-4-20(21)28/h3-4,13-15,17H,5-12H2,1-2H3,(H,30,34). The average molecular weight is 514 g/mol. The smallest absolute Gasteiger partial charge is 0.257 e. The lowest BCUT2D eigenvalue weighted by molar-refractivity contribution is -0.120. The van der Waals surface area contributed by atoms with Crippen molar-refractivity contribution in [3.8, 4) is 0 Å². The van der Waals surface area contributed by atoms with Crippen LogP contribution in [-0.2, 0) is 4.79 Å². The number of aryl methyl sites for hydroxylation is 1. The van der Waals surface area contributed by atoms with Gasteiger partial charge in [0.25, 0.3) is 5.91 Å². The van der Waals surface area contributed by atoms with Crippen molar-refractivity contribution in [3.63, 3.8) is 0 Å². The molecule has 36 heavy (non-hydrogen) atoms. The van der Waals surface area contributed by atoms with E-state index in [0.717, 1.165) is 65.7 Å². The van der Waals surface area contributed by atoms with Crippen molar-refractivity contribution in [3.05, 3.63) is 47.3 Å². The maximum Gasteiger partial charge on any atom is 0.257 e. The van der Waals surface area contributed by atoms with E-state index in [2.05, 4.69) is 26.5 Å². The number of carbonyl (C=O) groups excluding carboxylic acids is 2. The van der Waals surface area contributed by atoms with Gasteiger partial charge < -0.3 is 15.1 Å². The molecule has 7 nitrogen and oxygen atoms in total. The lowest BCUT2D eigenvalue weighted by Crippen LogP contribution is -2.41. The molecule has 2 amide bonds. The minimum Gasteiger partial charge on any atom is -0.370 e. The van der Waals surface area contributed by atoms with Crippen molar-refractivity contribution in [1.29, 1.82) is 0 Å². The van der Waals surface area contributed by atoms with E-state index in [4.69, 9.17) is 0 Å². The second-order valence-electron chi connectivity index (χ2n) is 9.82. The molecule has 190 valence electrons. The van der Waals surface area contributed by atoms with Crippen molar-refractivity contribution in [2.75, 3.05) is 36.4 Å². The van der Waals surface area contributed by atoms with Crippen molar-refractivity contribution in [1.82, 2.24) is 14.3 Å². The highest BCUT2D eigenvalue weighted by Gasteiger charge is 2.32. The first kappa shape index (κ1) is 24.5. The molecule has 0 saturated carbocycles. The Hall–Kier alpha value is -3.14. The first-order chi connectivity index (χ1) is 17.3. The van der Waals surface area contributed by atoms with Crippen molar-refractivity contribution in [2.24, 2.45) is 11.8 Å². The Labute approximate surface area is 212 Å². The van der Waals surface area contributed by atoms with Gasteiger partial charge in [0.1, 0.15) is 16.5 Å². The number of fused-ring (bicyclic) bond motifs is 1. The van der Waals surface area contributed by atoms with E-state index in [1.807, 2.05) is 11.8 Å². The number of carbonyl (C=O) groups is 2. The van der Waals surface area contributed by atoms with Gasteiger partial charge in [0.2, 0.25) is 5.91 Å². The minimum absolute atomic E-state index is 0.0154. The number of hydrogen-bond donors (Lipinski definition) is 1. The Morgan fingerprint density at radius 3 is 2.53 bits per heavy atom. The van der Waals surface area contributed by atoms with Crippen LogP contribution in [0.3, 0.4) is 0 Å². The van der Waals surface area contributed by atoms with Crippen LogP contribution in [0.4, 0.5) is 20.2 Å². The van der Waals surface area contributed by atoms with Crippen LogP contribution in [0, 0.1) is 30.4 Å². The highest BCUT2D eigenvalue weighted by Crippen LogP contribution is 2.37. The molecule has 1 N–H and O–H groups in total. The van der Waals surface area contributed by atoms with Crippen molar-refractivity contribution < 1.29 is 18.4 Å². The van der Waals surface area contributed by atoms with Crippen LogP contribution in [0.15, 0.2) is 24.4 Å². The van der Waals surface area contributed by atoms with Gasteiger partial charge in [-0.15, -0.1) is 0 Å². The Morgan fingerprint density at radius 2 is 1.81 bits per heavy atom. The zero-order chi connectivity index (χ0) is 25.4. The average Bonchev–Trinajstić information content (AvgIpc) is 3.26. The molecular formula is C26H29F2N5O2S. The molecule has 0 bridgehead atoms. The highest BCUT2D eigenvalue weighted by atomic mass is 32.1. The first-order valence-electron chi connectivity index (χ1n) is 12.4. The molecule has 2 aliphatic rings. The number of hydrogen-bond acceptors (Lipinski definition) is 6. The Balaban J connectivity index is 1.36. The van der Waals surface area contributed by atoms with Gasteiger partial charge in [-0.1, -0.05) is 6.92 Å². The van der Waals surface area contributed by atoms with Gasteiger partial charge in [0.05, 0.1) is 28.0 Å². The molecule has 5 rings (SSSR count). The number of anilines is 2. The number of benzene rings is 1. The van der Waals surface area contributed by atoms with E-state index in [1.54, 1.807) is 6.20 Å². The number of likely N-dealkylation sites (tertiary alicyclic amines) is 1. The number of aromatic nitrogens is 2. The summed E-state index contributed by atoms with van der Waals surface area (Å²) in [6.45, 7) is 6.71. The number of nitrogens with one attached hydrogen (secondary N) is 1. The summed E-state index contributed by atoms with van der Waals surface area (Å²) < 4.78 is 32.0. The van der Waals surface area contributed by atoms with Crippen LogP contribution < -0.4 is 10.2 Å². The monoisotopic (exact) mass is 513 g/mol. The van der Waals surface area contributed by atoms with E-state index < -0.39 is 11.6 Å². The fourth-order valence-corrected chi connectivity index (χ4v) is 5.85. The van der Waals surface area contributed by atoms with Gasteiger partial charge in [-0.05, 0) is 62.2 Å². The maximum absolute atomic E-state index is 14.0. The fraction of sp³-hybridized carbons (Fsp3) is 0.462. The topological polar surface area (TPSA) is 78.4 Å². The summed E-state index contributed by atoms with van der Waals surface area (Å²) in [6, 6.07) is 3.01. The second kappa shape index (κ2) is 10.1. The number of nitrogens with zero attached hydrogens (tertiary/aromatic N) is 4. The molecule has 2 aromatic heterocycles. The third-order valence-corrected chi connectivity index (χ3v) is 8.16. The molecule has 0 unspecified atom stereocenters.